The monoisotopic (exact) mass is 435 g/mol. The highest BCUT2D eigenvalue weighted by molar-refractivity contribution is 7.89. The fourth-order valence-electron chi connectivity index (χ4n) is 2.05. The molecule has 2 rings (SSSR count). The number of carbonyl (C=O) groups excluding carboxylic acids is 1. The first-order chi connectivity index (χ1) is 12.1. The third-order valence-electron chi connectivity index (χ3n) is 3.34. The minimum absolute atomic E-state index is 0.0372. The molecular formula is C17H16Cl3NO4S. The zero-order chi connectivity index (χ0) is 19.4. The molecule has 0 atom stereocenters. The van der Waals surface area contributed by atoms with E-state index in [1.165, 1.54) is 12.1 Å². The topological polar surface area (TPSA) is 63.7 Å². The summed E-state index contributed by atoms with van der Waals surface area (Å²) in [7, 11) is -4.15. The van der Waals surface area contributed by atoms with Crippen molar-refractivity contribution in [3.8, 4) is 0 Å². The fraction of sp³-hybridized carbons (Fsp3) is 0.235. The Balaban J connectivity index is 2.35. The van der Waals surface area contributed by atoms with E-state index in [2.05, 4.69) is 0 Å². The van der Waals surface area contributed by atoms with Crippen molar-refractivity contribution in [3.63, 3.8) is 0 Å². The van der Waals surface area contributed by atoms with E-state index in [1.807, 2.05) is 6.92 Å². The van der Waals surface area contributed by atoms with Crippen LogP contribution >= 0.6 is 34.8 Å². The molecule has 9 heteroatoms. The molecule has 0 unspecified atom stereocenters. The molecule has 0 saturated carbocycles. The van der Waals surface area contributed by atoms with Crippen molar-refractivity contribution in [1.29, 1.82) is 0 Å². The van der Waals surface area contributed by atoms with Crippen molar-refractivity contribution in [2.45, 2.75) is 22.2 Å². The highest BCUT2D eigenvalue weighted by atomic mass is 35.6. The lowest BCUT2D eigenvalue weighted by Crippen LogP contribution is -2.38. The summed E-state index contributed by atoms with van der Waals surface area (Å²) in [6.45, 7) is 1.04. The highest BCUT2D eigenvalue weighted by Crippen LogP contribution is 2.27. The van der Waals surface area contributed by atoms with Gasteiger partial charge in [0.2, 0.25) is 3.79 Å². The fourth-order valence-corrected chi connectivity index (χ4v) is 3.52. The number of sulfonamides is 1. The van der Waals surface area contributed by atoms with Crippen LogP contribution in [0.5, 0.6) is 0 Å². The molecule has 2 aromatic rings. The zero-order valence-electron chi connectivity index (χ0n) is 13.7. The van der Waals surface area contributed by atoms with Crippen LogP contribution in [0.15, 0.2) is 59.5 Å². The molecule has 0 aromatic heterocycles. The van der Waals surface area contributed by atoms with Gasteiger partial charge in [0.1, 0.15) is 6.61 Å². The number of alkyl halides is 3. The summed E-state index contributed by atoms with van der Waals surface area (Å²) >= 11 is 16.7. The first-order valence-electron chi connectivity index (χ1n) is 7.46. The zero-order valence-corrected chi connectivity index (χ0v) is 16.8. The van der Waals surface area contributed by atoms with Gasteiger partial charge in [-0.2, -0.15) is 4.31 Å². The summed E-state index contributed by atoms with van der Waals surface area (Å²) in [5.41, 5.74) is 1.49. The van der Waals surface area contributed by atoms with Crippen LogP contribution in [0.25, 0.3) is 0 Å². The SMILES string of the molecule is Cc1ccc(S(=O)(=O)N(Cc2ccccc2)C(=O)OCC(Cl)(Cl)Cl)cc1. The molecule has 0 aliphatic carbocycles. The Hall–Kier alpha value is -1.47. The minimum Gasteiger partial charge on any atom is -0.444 e. The first kappa shape index (κ1) is 20.8. The lowest BCUT2D eigenvalue weighted by Gasteiger charge is -2.23. The Labute approximate surface area is 167 Å². The number of nitrogens with zero attached hydrogens (tertiary/aromatic N) is 1. The van der Waals surface area contributed by atoms with Crippen LogP contribution in [0.4, 0.5) is 4.79 Å². The molecule has 0 heterocycles. The van der Waals surface area contributed by atoms with E-state index < -0.39 is 26.5 Å². The molecule has 0 saturated heterocycles. The predicted octanol–water partition coefficient (Wildman–Crippen LogP) is 4.69. The number of aryl methyl sites for hydroxylation is 1. The van der Waals surface area contributed by atoms with E-state index in [0.717, 1.165) is 5.56 Å². The number of rotatable bonds is 5. The smallest absolute Gasteiger partial charge is 0.424 e. The highest BCUT2D eigenvalue weighted by Gasteiger charge is 2.32. The van der Waals surface area contributed by atoms with Gasteiger partial charge in [-0.15, -0.1) is 0 Å². The lowest BCUT2D eigenvalue weighted by molar-refractivity contribution is 0.126. The molecule has 0 N–H and O–H groups in total. The summed E-state index contributed by atoms with van der Waals surface area (Å²) in [6, 6.07) is 14.8. The average Bonchev–Trinajstić information content (AvgIpc) is 2.58. The quantitative estimate of drug-likeness (QED) is 0.638. The molecule has 0 fully saturated rings. The van der Waals surface area contributed by atoms with Gasteiger partial charge in [-0.05, 0) is 24.6 Å². The number of hydrogen-bond acceptors (Lipinski definition) is 4. The number of ether oxygens (including phenoxy) is 1. The van der Waals surface area contributed by atoms with Gasteiger partial charge in [0.05, 0.1) is 11.4 Å². The van der Waals surface area contributed by atoms with Crippen LogP contribution in [0.2, 0.25) is 0 Å². The Kier molecular flexibility index (Phi) is 6.80. The molecule has 0 radical (unpaired) electrons. The predicted molar refractivity (Wildman–Crippen MR) is 102 cm³/mol. The van der Waals surface area contributed by atoms with Crippen LogP contribution in [-0.4, -0.2) is 29.2 Å². The standard InChI is InChI=1S/C17H16Cl3NO4S/c1-13-7-9-15(10-8-13)26(23,24)21(11-14-5-3-2-4-6-14)16(22)25-12-17(18,19)20/h2-10H,11-12H2,1H3. The molecular weight excluding hydrogens is 421 g/mol. The van der Waals surface area contributed by atoms with E-state index in [1.54, 1.807) is 42.5 Å². The van der Waals surface area contributed by atoms with Crippen LogP contribution in [0.3, 0.4) is 0 Å². The molecule has 0 spiro atoms. The van der Waals surface area contributed by atoms with Gasteiger partial charge in [-0.25, -0.2) is 13.2 Å². The molecule has 2 aromatic carbocycles. The van der Waals surface area contributed by atoms with Crippen molar-refractivity contribution in [1.82, 2.24) is 4.31 Å². The van der Waals surface area contributed by atoms with Crippen LogP contribution in [-0.2, 0) is 21.3 Å². The Morgan fingerprint density at radius 2 is 1.62 bits per heavy atom. The number of carbonyl (C=O) groups is 1. The first-order valence-corrected chi connectivity index (χ1v) is 10.0. The van der Waals surface area contributed by atoms with E-state index in [4.69, 9.17) is 39.5 Å². The maximum absolute atomic E-state index is 12.9. The average molecular weight is 437 g/mol. The minimum atomic E-state index is -4.15. The normalized spacial score (nSPS) is 11.8. The van der Waals surface area contributed by atoms with E-state index in [0.29, 0.717) is 9.87 Å². The summed E-state index contributed by atoms with van der Waals surface area (Å²) in [6.07, 6.45) is -1.12. The molecule has 140 valence electrons. The molecule has 26 heavy (non-hydrogen) atoms. The largest absolute Gasteiger partial charge is 0.444 e. The van der Waals surface area contributed by atoms with Gasteiger partial charge in [0, 0.05) is 0 Å². The van der Waals surface area contributed by atoms with Gasteiger partial charge in [0.15, 0.2) is 0 Å². The van der Waals surface area contributed by atoms with Gasteiger partial charge >= 0.3 is 6.09 Å². The Morgan fingerprint density at radius 1 is 1.04 bits per heavy atom. The summed E-state index contributed by atoms with van der Waals surface area (Å²) in [5, 5.41) is 0. The Morgan fingerprint density at radius 3 is 2.15 bits per heavy atom. The molecule has 1 amide bonds. The van der Waals surface area contributed by atoms with Gasteiger partial charge < -0.3 is 4.74 Å². The van der Waals surface area contributed by atoms with E-state index in [9.17, 15) is 13.2 Å². The van der Waals surface area contributed by atoms with E-state index >= 15 is 0 Å². The molecule has 0 bridgehead atoms. The second-order valence-electron chi connectivity index (χ2n) is 5.48. The summed E-state index contributed by atoms with van der Waals surface area (Å²) in [5.74, 6) is 0. The maximum atomic E-state index is 12.9. The summed E-state index contributed by atoms with van der Waals surface area (Å²) < 4.78 is 29.5. The second kappa shape index (κ2) is 8.48. The van der Waals surface area contributed by atoms with Crippen LogP contribution in [0, 0.1) is 6.92 Å². The Bertz CT molecular complexity index is 850. The molecule has 5 nitrogen and oxygen atoms in total. The van der Waals surface area contributed by atoms with Crippen LogP contribution < -0.4 is 0 Å². The van der Waals surface area contributed by atoms with Crippen molar-refractivity contribution in [2.75, 3.05) is 6.61 Å². The van der Waals surface area contributed by atoms with Crippen molar-refractivity contribution in [2.24, 2.45) is 0 Å². The number of amides is 1. The second-order valence-corrected chi connectivity index (χ2v) is 9.86. The van der Waals surface area contributed by atoms with Gasteiger partial charge in [-0.1, -0.05) is 82.8 Å². The van der Waals surface area contributed by atoms with Crippen molar-refractivity contribution < 1.29 is 17.9 Å². The molecule has 0 aliphatic heterocycles. The number of hydrogen-bond donors (Lipinski definition) is 0. The maximum Gasteiger partial charge on any atom is 0.424 e. The van der Waals surface area contributed by atoms with Gasteiger partial charge in [-0.3, -0.25) is 0 Å². The lowest BCUT2D eigenvalue weighted by atomic mass is 10.2. The third-order valence-corrected chi connectivity index (χ3v) is 5.39. The molecule has 0 aliphatic rings. The summed E-state index contributed by atoms with van der Waals surface area (Å²) in [4.78, 5) is 12.4. The van der Waals surface area contributed by atoms with Crippen molar-refractivity contribution in [3.05, 3.63) is 65.7 Å². The van der Waals surface area contributed by atoms with Crippen LogP contribution in [0.1, 0.15) is 11.1 Å². The van der Waals surface area contributed by atoms with Gasteiger partial charge in [0.25, 0.3) is 10.0 Å². The third kappa shape index (κ3) is 5.77. The van der Waals surface area contributed by atoms with Crippen molar-refractivity contribution >= 4 is 50.9 Å². The number of benzene rings is 2. The number of halogens is 3. The van der Waals surface area contributed by atoms with E-state index in [-0.39, 0.29) is 11.4 Å².